The molecule has 0 atom stereocenters. The van der Waals surface area contributed by atoms with Crippen molar-refractivity contribution in [1.29, 1.82) is 0 Å². The summed E-state index contributed by atoms with van der Waals surface area (Å²) >= 11 is 0. The fraction of sp³-hybridized carbons (Fsp3) is 0.0612. The summed E-state index contributed by atoms with van der Waals surface area (Å²) in [4.78, 5) is 12.5. The second-order valence-electron chi connectivity index (χ2n) is 24.3. The number of fused-ring (bicyclic) bond motifs is 25. The van der Waals surface area contributed by atoms with Crippen LogP contribution in [-0.4, -0.2) is 36.1 Å². The smallest absolute Gasteiger partial charge is 1.00 e. The molecule has 480 valence electrons. The Balaban J connectivity index is 0.000000150. The maximum atomic E-state index is 12.5. The predicted octanol–water partition coefficient (Wildman–Crippen LogP) is 18.3. The minimum atomic E-state index is -0.348. The molecule has 104 heavy (non-hydrogen) atoms. The molecule has 17 rings (SSSR count). The van der Waals surface area contributed by atoms with Gasteiger partial charge in [-0.3, -0.25) is 0 Å². The molecular formula is C98H55BrMgO4. The Kier molecular flexibility index (Phi) is 21.0. The Morgan fingerprint density at radius 1 is 0.317 bits per heavy atom. The summed E-state index contributed by atoms with van der Waals surface area (Å²) in [5.74, 6) is 55.3. The van der Waals surface area contributed by atoms with Crippen LogP contribution in [0.1, 0.15) is 49.2 Å². The standard InChI is InChI=1S/C37H24O.C36H22O3.C24H6.CH3.BrH.Mg/c1-37(2)32-14-8-7-12-24(32)29-18-31-30-17-27-23-11-5-6-13-25(23)36-22-10-4-3-9-21(22)15-16-26(36)28(27)19-34(30)38-35(31)20-33(29)37;1-38-36(37)28-13-7-4-9-23(28)22-15-17-33-31(18-22)32-19-29-25-11-5-6-12-26(25)35-24-10-3-2-8-21(24)14-16-27(35)30(29)20-34(32)39-33;1-3-5-7-9-11-13-15-17-19-21-23-24-22-20-18-16-14-12-10-8-6-4-2;;;/h3-20H,1-2H3;2-20H,1H3;1-2H3;1H3;1H;/q;;;-1;;+2/p-1. The average molecular weight is 1400 g/mol. The average Bonchev–Trinajstić information content (AvgIpc) is 1.57. The van der Waals surface area contributed by atoms with Crippen LogP contribution >= 0.6 is 0 Å². The maximum absolute atomic E-state index is 12.5. The molecule has 0 radical (unpaired) electrons. The van der Waals surface area contributed by atoms with Gasteiger partial charge in [0.05, 0.1) is 12.7 Å². The normalized spacial score (nSPS) is 10.5. The monoisotopic (exact) mass is 1400 g/mol. The number of esters is 1. The van der Waals surface area contributed by atoms with E-state index in [1.165, 1.54) is 126 Å². The van der Waals surface area contributed by atoms with Gasteiger partial charge in [0.2, 0.25) is 0 Å². The summed E-state index contributed by atoms with van der Waals surface area (Å²) < 4.78 is 18.1. The van der Waals surface area contributed by atoms with E-state index in [0.717, 1.165) is 44.2 Å². The first-order valence-corrected chi connectivity index (χ1v) is 32.6. The van der Waals surface area contributed by atoms with E-state index >= 15 is 0 Å². The topological polar surface area (TPSA) is 52.6 Å². The van der Waals surface area contributed by atoms with Crippen LogP contribution in [0.15, 0.2) is 233 Å². The molecule has 16 aromatic rings. The quantitative estimate of drug-likeness (QED) is 0.0569. The van der Waals surface area contributed by atoms with Gasteiger partial charge in [-0.15, -0.1) is 0 Å². The largest absolute Gasteiger partial charge is 2.00 e. The van der Waals surface area contributed by atoms with Gasteiger partial charge in [0, 0.05) is 50.6 Å². The van der Waals surface area contributed by atoms with E-state index in [1.54, 1.807) is 19.9 Å². The molecule has 4 nitrogen and oxygen atoms in total. The third-order valence-corrected chi connectivity index (χ3v) is 18.4. The summed E-state index contributed by atoms with van der Waals surface area (Å²) in [6.45, 7) is 8.04. The number of benzene rings is 14. The number of hydrogen-bond acceptors (Lipinski definition) is 4. The summed E-state index contributed by atoms with van der Waals surface area (Å²) in [7, 11) is 1.41. The maximum Gasteiger partial charge on any atom is 2.00 e. The first kappa shape index (κ1) is 70.5. The Labute approximate surface area is 630 Å². The molecule has 1 aliphatic carbocycles. The number of hydrogen-bond donors (Lipinski definition) is 0. The van der Waals surface area contributed by atoms with Gasteiger partial charge in [-0.25, -0.2) is 4.79 Å². The second kappa shape index (κ2) is 31.0. The fourth-order valence-electron chi connectivity index (χ4n) is 14.1. The van der Waals surface area contributed by atoms with E-state index < -0.39 is 0 Å². The van der Waals surface area contributed by atoms with Crippen LogP contribution in [0, 0.1) is 138 Å². The van der Waals surface area contributed by atoms with Gasteiger partial charge in [0.15, 0.2) is 0 Å². The summed E-state index contributed by atoms with van der Waals surface area (Å²) in [5.41, 5.74) is 11.3. The number of rotatable bonds is 2. The molecule has 14 aromatic carbocycles. The molecule has 0 unspecified atom stereocenters. The third-order valence-electron chi connectivity index (χ3n) is 18.4. The molecule has 2 aromatic heterocycles. The zero-order chi connectivity index (χ0) is 68.8. The van der Waals surface area contributed by atoms with E-state index in [9.17, 15) is 4.79 Å². The first-order chi connectivity index (χ1) is 49.7. The van der Waals surface area contributed by atoms with Crippen molar-refractivity contribution in [2.24, 2.45) is 0 Å². The van der Waals surface area contributed by atoms with Crippen LogP contribution < -0.4 is 17.0 Å². The number of halogens is 1. The number of ether oxygens (including phenoxy) is 1. The summed E-state index contributed by atoms with van der Waals surface area (Å²) in [5, 5.41) is 24.5. The van der Waals surface area contributed by atoms with Crippen molar-refractivity contribution in [3.05, 3.63) is 249 Å². The van der Waals surface area contributed by atoms with E-state index in [1.807, 2.05) is 30.3 Å². The second-order valence-corrected chi connectivity index (χ2v) is 24.3. The molecule has 2 heterocycles. The number of carbonyl (C=O) groups is 1. The van der Waals surface area contributed by atoms with Crippen molar-refractivity contribution in [3.8, 4) is 153 Å². The van der Waals surface area contributed by atoms with Gasteiger partial charge in [0.1, 0.15) is 22.3 Å². The Morgan fingerprint density at radius 3 is 1.16 bits per heavy atom. The van der Waals surface area contributed by atoms with Crippen LogP contribution in [0.4, 0.5) is 0 Å². The van der Waals surface area contributed by atoms with Gasteiger partial charge in [-0.2, -0.15) is 0 Å². The van der Waals surface area contributed by atoms with Gasteiger partial charge in [-0.1, -0.05) is 196 Å². The van der Waals surface area contributed by atoms with E-state index in [0.29, 0.717) is 5.56 Å². The van der Waals surface area contributed by atoms with Crippen molar-refractivity contribution in [2.75, 3.05) is 7.11 Å². The summed E-state index contributed by atoms with van der Waals surface area (Å²) in [6.07, 6.45) is 0. The summed E-state index contributed by atoms with van der Waals surface area (Å²) in [6, 6.07) is 80.0. The minimum absolute atomic E-state index is 0. The van der Waals surface area contributed by atoms with Crippen molar-refractivity contribution >= 4 is 159 Å². The van der Waals surface area contributed by atoms with E-state index in [2.05, 4.69) is 332 Å². The van der Waals surface area contributed by atoms with Gasteiger partial charge in [0.25, 0.3) is 0 Å². The van der Waals surface area contributed by atoms with Gasteiger partial charge < -0.3 is 38.0 Å². The van der Waals surface area contributed by atoms with Crippen LogP contribution in [0.5, 0.6) is 0 Å². The third kappa shape index (κ3) is 13.3. The predicted molar refractivity (Wildman–Crippen MR) is 431 cm³/mol. The van der Waals surface area contributed by atoms with Crippen molar-refractivity contribution in [2.45, 2.75) is 33.1 Å². The molecule has 0 saturated carbocycles. The van der Waals surface area contributed by atoms with Crippen molar-refractivity contribution in [1.82, 2.24) is 0 Å². The van der Waals surface area contributed by atoms with Gasteiger partial charge in [-0.05, 0) is 283 Å². The fourth-order valence-corrected chi connectivity index (χ4v) is 14.1. The molecule has 0 saturated heterocycles. The molecule has 0 spiro atoms. The molecule has 1 aliphatic rings. The molecule has 0 bridgehead atoms. The Hall–Kier alpha value is -13.4. The number of furan rings is 2. The molecule has 0 fully saturated rings. The SMILES string of the molecule is CC#CC#CC#CC#CC#CC#CC#CC#CC#CC#CC#CC.CC1(C)c2ccccc2-c2cc3c(cc21)oc1cc2c(cc13)c1ccccc1c1c3ccccc3ccc21.COC(=O)c1ccccc1-c1ccc2oc3cc4c(cc3c2c1)c1ccccc1c1c2ccccc2ccc41.[Br-].[CH3-].[Mg+2]. The van der Waals surface area contributed by atoms with Crippen molar-refractivity contribution < 1.29 is 35.3 Å². The van der Waals surface area contributed by atoms with Gasteiger partial charge >= 0.3 is 29.0 Å². The Morgan fingerprint density at radius 2 is 0.683 bits per heavy atom. The van der Waals surface area contributed by atoms with Crippen molar-refractivity contribution in [3.63, 3.8) is 0 Å². The number of carbonyl (C=O) groups excluding carboxylic acids is 1. The molecule has 0 N–H and O–H groups in total. The minimum Gasteiger partial charge on any atom is -1.00 e. The van der Waals surface area contributed by atoms with Crippen LogP contribution in [0.25, 0.3) is 152 Å². The van der Waals surface area contributed by atoms with E-state index in [4.69, 9.17) is 13.6 Å². The zero-order valence-corrected chi connectivity index (χ0v) is 60.6. The molecule has 6 heteroatoms. The molecule has 0 aliphatic heterocycles. The molecule has 0 amide bonds. The number of methoxy groups -OCH3 is 1. The Bertz CT molecular complexity index is 7010. The zero-order valence-electron chi connectivity index (χ0n) is 57.6. The van der Waals surface area contributed by atoms with Crippen LogP contribution in [0.3, 0.4) is 0 Å². The van der Waals surface area contributed by atoms with E-state index in [-0.39, 0.29) is 58.8 Å². The van der Waals surface area contributed by atoms with Crippen LogP contribution in [-0.2, 0) is 10.2 Å². The first-order valence-electron chi connectivity index (χ1n) is 32.6. The van der Waals surface area contributed by atoms with Crippen LogP contribution in [0.2, 0.25) is 0 Å². The molecular weight excluding hydrogens is 1350 g/mol.